The molecule has 1 rings (SSSR count). The van der Waals surface area contributed by atoms with Gasteiger partial charge < -0.3 is 4.74 Å². The molecule has 0 atom stereocenters. The summed E-state index contributed by atoms with van der Waals surface area (Å²) in [5.41, 5.74) is 0.659. The van der Waals surface area contributed by atoms with Gasteiger partial charge in [-0.25, -0.2) is 9.18 Å². The van der Waals surface area contributed by atoms with Crippen LogP contribution >= 0.6 is 0 Å². The van der Waals surface area contributed by atoms with Crippen LogP contribution in [-0.4, -0.2) is 17.6 Å². The van der Waals surface area contributed by atoms with Gasteiger partial charge in [0.05, 0.1) is 17.9 Å². The molecule has 0 unspecified atom stereocenters. The average molecular weight is 183 g/mol. The van der Waals surface area contributed by atoms with Gasteiger partial charge in [-0.05, 0) is 19.1 Å². The first-order valence-corrected chi connectivity index (χ1v) is 3.96. The molecule has 0 amide bonds. The lowest BCUT2D eigenvalue weighted by atomic mass is 10.2. The number of carbonyl (C=O) groups excluding carboxylic acids is 1. The predicted octanol–water partition coefficient (Wildman–Crippen LogP) is 1.73. The average Bonchev–Trinajstić information content (AvgIpc) is 2.18. The van der Waals surface area contributed by atoms with Crippen molar-refractivity contribution in [1.82, 2.24) is 4.98 Å². The second-order valence-corrected chi connectivity index (χ2v) is 2.39. The van der Waals surface area contributed by atoms with Gasteiger partial charge in [0.15, 0.2) is 0 Å². The summed E-state index contributed by atoms with van der Waals surface area (Å²) in [7, 11) is 0. The van der Waals surface area contributed by atoms with Crippen molar-refractivity contribution < 1.29 is 13.9 Å². The molecule has 0 fully saturated rings. The van der Waals surface area contributed by atoms with Crippen LogP contribution in [0.1, 0.15) is 23.0 Å². The van der Waals surface area contributed by atoms with Crippen LogP contribution in [0.4, 0.5) is 4.39 Å². The van der Waals surface area contributed by atoms with Crippen LogP contribution in [0, 0.1) is 0 Å². The second kappa shape index (κ2) is 4.54. The fourth-order valence-corrected chi connectivity index (χ4v) is 0.839. The molecule has 1 aromatic heterocycles. The number of hydrogen-bond acceptors (Lipinski definition) is 3. The van der Waals surface area contributed by atoms with E-state index in [0.29, 0.717) is 17.9 Å². The number of ether oxygens (including phenoxy) is 1. The molecule has 0 saturated heterocycles. The maximum absolute atomic E-state index is 12.0. The Morgan fingerprint density at radius 1 is 1.62 bits per heavy atom. The van der Waals surface area contributed by atoms with Crippen molar-refractivity contribution in [3.63, 3.8) is 0 Å². The summed E-state index contributed by atoms with van der Waals surface area (Å²) < 4.78 is 16.8. The summed E-state index contributed by atoms with van der Waals surface area (Å²) in [6, 6.07) is 2.96. The Morgan fingerprint density at radius 3 is 2.85 bits per heavy atom. The highest BCUT2D eigenvalue weighted by atomic mass is 19.1. The molecule has 0 radical (unpaired) electrons. The van der Waals surface area contributed by atoms with Gasteiger partial charge in [0.2, 0.25) is 0 Å². The fraction of sp³-hybridized carbons (Fsp3) is 0.333. The molecule has 0 aliphatic rings. The first-order valence-electron chi connectivity index (χ1n) is 3.96. The number of halogens is 1. The van der Waals surface area contributed by atoms with Crippen molar-refractivity contribution in [1.29, 1.82) is 0 Å². The van der Waals surface area contributed by atoms with Crippen molar-refractivity contribution in [2.45, 2.75) is 13.6 Å². The topological polar surface area (TPSA) is 39.2 Å². The Kier molecular flexibility index (Phi) is 3.37. The molecular formula is C9H10FNO2. The predicted molar refractivity (Wildman–Crippen MR) is 45.0 cm³/mol. The van der Waals surface area contributed by atoms with E-state index in [0.717, 1.165) is 0 Å². The number of hydrogen-bond donors (Lipinski definition) is 0. The molecule has 1 aromatic rings. The molecular weight excluding hydrogens is 173 g/mol. The molecule has 3 nitrogen and oxygen atoms in total. The summed E-state index contributed by atoms with van der Waals surface area (Å²) in [6.07, 6.45) is 1.31. The van der Waals surface area contributed by atoms with Crippen LogP contribution in [0.25, 0.3) is 0 Å². The zero-order valence-corrected chi connectivity index (χ0v) is 7.29. The highest BCUT2D eigenvalue weighted by Crippen LogP contribution is 2.03. The molecule has 0 saturated carbocycles. The molecule has 13 heavy (non-hydrogen) atoms. The maximum Gasteiger partial charge on any atom is 0.339 e. The van der Waals surface area contributed by atoms with Crippen LogP contribution < -0.4 is 0 Å². The highest BCUT2D eigenvalue weighted by Gasteiger charge is 2.05. The summed E-state index contributed by atoms with van der Waals surface area (Å²) >= 11 is 0. The number of carbonyl (C=O) groups is 1. The molecule has 0 aliphatic carbocycles. The van der Waals surface area contributed by atoms with Crippen LogP contribution in [0.3, 0.4) is 0 Å². The lowest BCUT2D eigenvalue weighted by molar-refractivity contribution is 0.0526. The van der Waals surface area contributed by atoms with Crippen molar-refractivity contribution in [2.24, 2.45) is 0 Å². The number of alkyl halides is 1. The van der Waals surface area contributed by atoms with Gasteiger partial charge in [0.25, 0.3) is 0 Å². The van der Waals surface area contributed by atoms with E-state index < -0.39 is 12.6 Å². The van der Waals surface area contributed by atoms with Gasteiger partial charge in [-0.2, -0.15) is 0 Å². The van der Waals surface area contributed by atoms with Gasteiger partial charge in [-0.3, -0.25) is 4.98 Å². The minimum atomic E-state index is -0.622. The van der Waals surface area contributed by atoms with E-state index in [-0.39, 0.29) is 0 Å². The molecule has 4 heteroatoms. The summed E-state index contributed by atoms with van der Waals surface area (Å²) in [6.45, 7) is 1.42. The first-order chi connectivity index (χ1) is 6.27. The van der Waals surface area contributed by atoms with Gasteiger partial charge in [0, 0.05) is 6.20 Å². The number of esters is 1. The highest BCUT2D eigenvalue weighted by molar-refractivity contribution is 5.88. The molecule has 0 N–H and O–H groups in total. The smallest absolute Gasteiger partial charge is 0.339 e. The summed E-state index contributed by atoms with van der Waals surface area (Å²) in [4.78, 5) is 14.8. The normalized spacial score (nSPS) is 9.69. The van der Waals surface area contributed by atoms with E-state index in [1.165, 1.54) is 18.3 Å². The van der Waals surface area contributed by atoms with Crippen molar-refractivity contribution in [2.75, 3.05) is 6.61 Å². The van der Waals surface area contributed by atoms with Crippen LogP contribution in [0.5, 0.6) is 0 Å². The third kappa shape index (κ3) is 2.50. The van der Waals surface area contributed by atoms with Gasteiger partial charge in [-0.1, -0.05) is 0 Å². The minimum absolute atomic E-state index is 0.313. The molecule has 1 heterocycles. The Balaban J connectivity index is 2.74. The standard InChI is InChI=1S/C9H10FNO2/c1-2-13-9(12)7-3-4-8(5-10)11-6-7/h3-4,6H,2,5H2,1H3. The number of rotatable bonds is 3. The molecule has 0 aliphatic heterocycles. The number of aromatic nitrogens is 1. The monoisotopic (exact) mass is 183 g/mol. The third-order valence-corrected chi connectivity index (χ3v) is 1.47. The van der Waals surface area contributed by atoms with Crippen molar-refractivity contribution >= 4 is 5.97 Å². The Bertz CT molecular complexity index is 284. The Labute approximate surface area is 75.6 Å². The van der Waals surface area contributed by atoms with Crippen molar-refractivity contribution in [3.05, 3.63) is 29.6 Å². The van der Waals surface area contributed by atoms with Crippen LogP contribution in [-0.2, 0) is 11.4 Å². The van der Waals surface area contributed by atoms with E-state index in [4.69, 9.17) is 4.74 Å². The second-order valence-electron chi connectivity index (χ2n) is 2.39. The summed E-state index contributed by atoms with van der Waals surface area (Å²) in [5, 5.41) is 0. The molecule has 0 aromatic carbocycles. The van der Waals surface area contributed by atoms with Crippen LogP contribution in [0.2, 0.25) is 0 Å². The zero-order chi connectivity index (χ0) is 9.68. The quantitative estimate of drug-likeness (QED) is 0.670. The third-order valence-electron chi connectivity index (χ3n) is 1.47. The number of pyridine rings is 1. The Morgan fingerprint density at radius 2 is 2.38 bits per heavy atom. The molecule has 0 bridgehead atoms. The number of nitrogens with zero attached hydrogens (tertiary/aromatic N) is 1. The van der Waals surface area contributed by atoms with E-state index in [1.54, 1.807) is 6.92 Å². The van der Waals surface area contributed by atoms with E-state index >= 15 is 0 Å². The lowest BCUT2D eigenvalue weighted by Crippen LogP contribution is -2.05. The first kappa shape index (κ1) is 9.64. The maximum atomic E-state index is 12.0. The van der Waals surface area contributed by atoms with E-state index in [9.17, 15) is 9.18 Å². The van der Waals surface area contributed by atoms with Crippen LogP contribution in [0.15, 0.2) is 18.3 Å². The van der Waals surface area contributed by atoms with Gasteiger partial charge >= 0.3 is 5.97 Å². The van der Waals surface area contributed by atoms with Gasteiger partial charge in [0.1, 0.15) is 6.67 Å². The van der Waals surface area contributed by atoms with Crippen molar-refractivity contribution in [3.8, 4) is 0 Å². The molecule has 70 valence electrons. The zero-order valence-electron chi connectivity index (χ0n) is 7.29. The molecule has 0 spiro atoms. The minimum Gasteiger partial charge on any atom is -0.462 e. The van der Waals surface area contributed by atoms with E-state index in [2.05, 4.69) is 4.98 Å². The lowest BCUT2D eigenvalue weighted by Gasteiger charge is -2.00. The SMILES string of the molecule is CCOC(=O)c1ccc(CF)nc1. The summed E-state index contributed by atoms with van der Waals surface area (Å²) in [5.74, 6) is -0.430. The fourth-order valence-electron chi connectivity index (χ4n) is 0.839. The Hall–Kier alpha value is -1.45. The van der Waals surface area contributed by atoms with Gasteiger partial charge in [-0.15, -0.1) is 0 Å². The van der Waals surface area contributed by atoms with E-state index in [1.807, 2.05) is 0 Å². The largest absolute Gasteiger partial charge is 0.462 e.